The van der Waals surface area contributed by atoms with Crippen molar-refractivity contribution in [3.8, 4) is 22.3 Å². The molecule has 0 fully saturated rings. The van der Waals surface area contributed by atoms with E-state index in [4.69, 9.17) is 10.7 Å². The minimum atomic E-state index is -0.767. The number of H-pyrrole nitrogens is 1. The van der Waals surface area contributed by atoms with E-state index in [1.165, 1.54) is 6.20 Å². The van der Waals surface area contributed by atoms with Crippen LogP contribution in [0.15, 0.2) is 69.2 Å². The van der Waals surface area contributed by atoms with Gasteiger partial charge >= 0.3 is 0 Å². The van der Waals surface area contributed by atoms with Gasteiger partial charge in [-0.1, -0.05) is 12.0 Å². The standard InChI is InChI=1S/C26H17N5O2S/c1-15-9-11-34-24(15)16-5-7-19-20(12-16)22-23(17(6-8-21(27)32)13-30-26(22)33)31-25(19)29-14-18-4-2-3-10-28-18/h2,4-5,7,9,11-13H,14H2,1H3,(H2,27,32)(H,29,31)(H,30,33). The first-order valence-electron chi connectivity index (χ1n) is 10.3. The molecule has 3 aromatic heterocycles. The quantitative estimate of drug-likeness (QED) is 0.244. The Balaban J connectivity index is 1.77. The molecular formula is C26H17N5O2S. The van der Waals surface area contributed by atoms with Crippen molar-refractivity contribution in [3.63, 3.8) is 0 Å². The summed E-state index contributed by atoms with van der Waals surface area (Å²) in [6, 6.07) is 8.04. The summed E-state index contributed by atoms with van der Waals surface area (Å²) >= 11 is 1.64. The third kappa shape index (κ3) is 3.95. The van der Waals surface area contributed by atoms with Crippen molar-refractivity contribution in [2.24, 2.45) is 10.7 Å². The Labute approximate surface area is 198 Å². The van der Waals surface area contributed by atoms with Crippen LogP contribution in [-0.2, 0) is 4.79 Å². The molecule has 1 aromatic carbocycles. The van der Waals surface area contributed by atoms with Crippen molar-refractivity contribution in [1.29, 1.82) is 0 Å². The third-order valence-electron chi connectivity index (χ3n) is 5.34. The number of thiophene rings is 1. The average molecular weight is 464 g/mol. The van der Waals surface area contributed by atoms with Crippen LogP contribution in [0.5, 0.6) is 0 Å². The van der Waals surface area contributed by atoms with Gasteiger partial charge in [-0.25, -0.2) is 9.98 Å². The van der Waals surface area contributed by atoms with Crippen molar-refractivity contribution < 1.29 is 4.79 Å². The van der Waals surface area contributed by atoms with Crippen molar-refractivity contribution in [2.45, 2.75) is 6.92 Å². The summed E-state index contributed by atoms with van der Waals surface area (Å²) in [7, 11) is 0. The molecule has 8 heteroatoms. The monoisotopic (exact) mass is 463 g/mol. The van der Waals surface area contributed by atoms with Gasteiger partial charge in [0.05, 0.1) is 28.7 Å². The Bertz CT molecular complexity index is 1750. The summed E-state index contributed by atoms with van der Waals surface area (Å²) < 4.78 is 0. The van der Waals surface area contributed by atoms with Gasteiger partial charge in [-0.05, 0) is 59.5 Å². The lowest BCUT2D eigenvalue weighted by Gasteiger charge is -2.13. The molecule has 164 valence electrons. The number of aromatic nitrogens is 2. The molecule has 1 amide bonds. The maximum atomic E-state index is 13.0. The largest absolute Gasteiger partial charge is 0.364 e. The molecule has 0 unspecified atom stereocenters. The van der Waals surface area contributed by atoms with Gasteiger partial charge in [0.1, 0.15) is 5.82 Å². The summed E-state index contributed by atoms with van der Waals surface area (Å²) in [4.78, 5) is 37.0. The Morgan fingerprint density at radius 2 is 2.18 bits per heavy atom. The molecule has 4 N–H and O–H groups in total. The summed E-state index contributed by atoms with van der Waals surface area (Å²) in [5.41, 5.74) is 11.4. The molecule has 0 radical (unpaired) electrons. The summed E-state index contributed by atoms with van der Waals surface area (Å²) in [6.45, 7) is 2.45. The van der Waals surface area contributed by atoms with E-state index in [2.05, 4.69) is 51.7 Å². The smallest absolute Gasteiger partial charge is 0.293 e. The number of carbonyl (C=O) groups is 1. The van der Waals surface area contributed by atoms with E-state index in [-0.39, 0.29) is 5.56 Å². The number of hydrogen-bond acceptors (Lipinski definition) is 6. The zero-order valence-corrected chi connectivity index (χ0v) is 18.8. The van der Waals surface area contributed by atoms with Gasteiger partial charge in [-0.15, -0.1) is 11.3 Å². The second-order valence-electron chi connectivity index (χ2n) is 7.57. The fraction of sp³-hybridized carbons (Fsp3) is 0.0769. The zero-order valence-electron chi connectivity index (χ0n) is 18.0. The fourth-order valence-corrected chi connectivity index (χ4v) is 4.70. The topological polar surface area (TPSA) is 113 Å². The highest BCUT2D eigenvalue weighted by atomic mass is 32.1. The number of benzene rings is 1. The maximum absolute atomic E-state index is 13.0. The normalized spacial score (nSPS) is 12.0. The molecule has 1 aliphatic heterocycles. The van der Waals surface area contributed by atoms with Crippen LogP contribution in [0.1, 0.15) is 11.1 Å². The number of rotatable bonds is 4. The fourth-order valence-electron chi connectivity index (χ4n) is 3.77. The third-order valence-corrected chi connectivity index (χ3v) is 6.40. The second-order valence-corrected chi connectivity index (χ2v) is 8.49. The number of allylic oxidation sites excluding steroid dienone is 2. The van der Waals surface area contributed by atoms with Crippen LogP contribution in [-0.4, -0.2) is 28.3 Å². The summed E-state index contributed by atoms with van der Waals surface area (Å²) in [5, 5.41) is 7.26. The highest BCUT2D eigenvalue weighted by Gasteiger charge is 2.16. The van der Waals surface area contributed by atoms with Gasteiger partial charge in [0.15, 0.2) is 0 Å². The van der Waals surface area contributed by atoms with Crippen LogP contribution in [0.3, 0.4) is 0 Å². The van der Waals surface area contributed by atoms with E-state index in [9.17, 15) is 9.59 Å². The molecule has 5 rings (SSSR count). The van der Waals surface area contributed by atoms with Gasteiger partial charge < -0.3 is 16.0 Å². The zero-order chi connectivity index (χ0) is 23.7. The van der Waals surface area contributed by atoms with Crippen LogP contribution in [0.2, 0.25) is 0 Å². The van der Waals surface area contributed by atoms with Crippen molar-refractivity contribution in [3.05, 3.63) is 80.9 Å². The number of aliphatic imine (C=N–C) groups is 1. The number of fused-ring (bicyclic) bond motifs is 3. The van der Waals surface area contributed by atoms with E-state index in [1.807, 2.05) is 29.7 Å². The first-order chi connectivity index (χ1) is 16.5. The number of aryl methyl sites for hydroxylation is 1. The highest BCUT2D eigenvalue weighted by Crippen LogP contribution is 2.35. The number of anilines is 1. The molecule has 0 atom stereocenters. The minimum Gasteiger partial charge on any atom is -0.364 e. The minimum absolute atomic E-state index is 0.293. The van der Waals surface area contributed by atoms with Crippen molar-refractivity contribution >= 4 is 50.6 Å². The first kappa shape index (κ1) is 21.2. The van der Waals surface area contributed by atoms with E-state index in [0.29, 0.717) is 28.8 Å². The first-order valence-corrected chi connectivity index (χ1v) is 11.2. The highest BCUT2D eigenvalue weighted by molar-refractivity contribution is 7.13. The van der Waals surface area contributed by atoms with Gasteiger partial charge in [0, 0.05) is 33.6 Å². The molecule has 0 bridgehead atoms. The lowest BCUT2D eigenvalue weighted by atomic mass is 10.0. The van der Waals surface area contributed by atoms with Gasteiger partial charge in [-0.3, -0.25) is 9.59 Å². The number of carbonyl (C=O) groups excluding carboxylic acids is 1. The summed E-state index contributed by atoms with van der Waals surface area (Å²) in [6.07, 6.45) is 5.02. The number of hydrogen-bond donors (Lipinski definition) is 3. The van der Waals surface area contributed by atoms with Gasteiger partial charge in [0.25, 0.3) is 11.5 Å². The Hall–Kier alpha value is -4.66. The van der Waals surface area contributed by atoms with Crippen molar-refractivity contribution in [1.82, 2.24) is 9.97 Å². The van der Waals surface area contributed by atoms with Crippen LogP contribution in [0.25, 0.3) is 32.1 Å². The van der Waals surface area contributed by atoms with E-state index < -0.39 is 5.91 Å². The van der Waals surface area contributed by atoms with Crippen LogP contribution in [0, 0.1) is 18.8 Å². The van der Waals surface area contributed by atoms with E-state index in [0.717, 1.165) is 32.5 Å². The number of aromatic amines is 1. The Morgan fingerprint density at radius 1 is 1.29 bits per heavy atom. The molecule has 0 spiro atoms. The van der Waals surface area contributed by atoms with Gasteiger partial charge in [-0.2, -0.15) is 0 Å². The molecule has 0 saturated carbocycles. The number of nitrogens with one attached hydrogen (secondary N) is 2. The number of pyridine rings is 2. The lowest BCUT2D eigenvalue weighted by Crippen LogP contribution is -2.12. The van der Waals surface area contributed by atoms with Crippen molar-refractivity contribution in [2.75, 3.05) is 11.9 Å². The van der Waals surface area contributed by atoms with E-state index >= 15 is 0 Å². The van der Waals surface area contributed by atoms with Gasteiger partial charge in [0.2, 0.25) is 0 Å². The second kappa shape index (κ2) is 8.70. The van der Waals surface area contributed by atoms with Crippen LogP contribution >= 0.6 is 11.3 Å². The maximum Gasteiger partial charge on any atom is 0.293 e. The number of primary amides is 1. The molecule has 0 saturated heterocycles. The van der Waals surface area contributed by atoms with Crippen LogP contribution < -0.4 is 16.6 Å². The molecule has 34 heavy (non-hydrogen) atoms. The number of nitrogens with two attached hydrogens (primary N) is 1. The molecule has 7 nitrogen and oxygen atoms in total. The number of nitrogens with zero attached hydrogens (tertiary/aromatic N) is 2. The summed E-state index contributed by atoms with van der Waals surface area (Å²) in [5.74, 6) is 7.55. The predicted octanol–water partition coefficient (Wildman–Crippen LogP) is 3.64. The van der Waals surface area contributed by atoms with E-state index in [1.54, 1.807) is 17.4 Å². The molecule has 1 aliphatic rings. The molecule has 0 aliphatic carbocycles. The Kier molecular flexibility index (Phi) is 5.43. The average Bonchev–Trinajstić information content (AvgIpc) is 3.28. The molecule has 4 heterocycles. The number of amides is 1. The SMILES string of the molecule is Cc1ccsc1-c1ccc2c(NCC3=CC=C=C=N3)nc3c(C#CC(N)=O)c[nH]c(=O)c3c2c1. The molecule has 4 aromatic rings. The Morgan fingerprint density at radius 3 is 2.91 bits per heavy atom. The molecular weight excluding hydrogens is 446 g/mol. The van der Waals surface area contributed by atoms with Crippen LogP contribution in [0.4, 0.5) is 5.82 Å². The lowest BCUT2D eigenvalue weighted by molar-refractivity contribution is -0.112. The predicted molar refractivity (Wildman–Crippen MR) is 136 cm³/mol.